The lowest BCUT2D eigenvalue weighted by molar-refractivity contribution is -0.137. The fourth-order valence-electron chi connectivity index (χ4n) is 3.93. The zero-order valence-corrected chi connectivity index (χ0v) is 19.2. The Kier molecular flexibility index (Phi) is 7.80. The predicted molar refractivity (Wildman–Crippen MR) is 122 cm³/mol. The summed E-state index contributed by atoms with van der Waals surface area (Å²) in [4.78, 5) is 8.16. The number of nitrogens with zero attached hydrogens (tertiary/aromatic N) is 5. The van der Waals surface area contributed by atoms with Gasteiger partial charge in [-0.2, -0.15) is 13.2 Å². The number of rotatable bonds is 5. The number of alkyl halides is 3. The van der Waals surface area contributed by atoms with Crippen molar-refractivity contribution >= 4 is 17.9 Å². The van der Waals surface area contributed by atoms with Gasteiger partial charge in [0.05, 0.1) is 36.4 Å². The minimum Gasteiger partial charge on any atom is -0.394 e. The first-order valence-corrected chi connectivity index (χ1v) is 11.0. The van der Waals surface area contributed by atoms with Gasteiger partial charge in [0.2, 0.25) is 0 Å². The third-order valence-electron chi connectivity index (χ3n) is 5.81. The molecule has 0 spiro atoms. The molecule has 4 atom stereocenters. The zero-order valence-electron chi connectivity index (χ0n) is 19.2. The Balaban J connectivity index is 1.64. The fourth-order valence-corrected chi connectivity index (χ4v) is 3.93. The van der Waals surface area contributed by atoms with Gasteiger partial charge in [0.1, 0.15) is 24.0 Å². The molecule has 202 valence electrons. The number of aliphatic hydroxyl groups is 2. The zero-order chi connectivity index (χ0) is 27.6. The molecule has 0 saturated carbocycles. The maximum atomic E-state index is 13.7. The lowest BCUT2D eigenvalue weighted by Gasteiger charge is -2.38. The summed E-state index contributed by atoms with van der Waals surface area (Å²) in [5, 5.41) is 28.3. The number of aromatic nitrogens is 3. The van der Waals surface area contributed by atoms with Crippen LogP contribution in [0.3, 0.4) is 0 Å². The van der Waals surface area contributed by atoms with Gasteiger partial charge in [0.15, 0.2) is 23.3 Å². The van der Waals surface area contributed by atoms with Crippen molar-refractivity contribution in [2.75, 3.05) is 6.61 Å². The maximum Gasteiger partial charge on any atom is 0.416 e. The summed E-state index contributed by atoms with van der Waals surface area (Å²) in [6, 6.07) is 4.47. The largest absolute Gasteiger partial charge is 0.416 e. The van der Waals surface area contributed by atoms with E-state index in [1.165, 1.54) is 10.9 Å². The second-order valence-electron chi connectivity index (χ2n) is 8.27. The van der Waals surface area contributed by atoms with E-state index in [9.17, 15) is 36.6 Å². The summed E-state index contributed by atoms with van der Waals surface area (Å²) < 4.78 is 86.2. The Labute approximate surface area is 210 Å². The van der Waals surface area contributed by atoms with Gasteiger partial charge in [0.25, 0.3) is 0 Å². The van der Waals surface area contributed by atoms with Gasteiger partial charge in [-0.3, -0.25) is 0 Å². The number of aliphatic imine (C=N–C) groups is 2. The van der Waals surface area contributed by atoms with Crippen LogP contribution in [0.5, 0.6) is 0 Å². The number of nitrogens with two attached hydrogens (primary N) is 1. The van der Waals surface area contributed by atoms with Gasteiger partial charge in [-0.15, -0.1) is 5.10 Å². The fraction of sp³-hybridized carbons (Fsp3) is 0.304. The van der Waals surface area contributed by atoms with Gasteiger partial charge in [-0.25, -0.2) is 27.8 Å². The summed E-state index contributed by atoms with van der Waals surface area (Å²) in [5.74, 6) is -4.56. The first kappa shape index (κ1) is 27.2. The van der Waals surface area contributed by atoms with E-state index < -0.39 is 60.2 Å². The van der Waals surface area contributed by atoms with Crippen LogP contribution in [0.4, 0.5) is 32.0 Å². The van der Waals surface area contributed by atoms with Gasteiger partial charge >= 0.3 is 6.18 Å². The molecule has 2 aromatic carbocycles. The van der Waals surface area contributed by atoms with E-state index in [1.807, 2.05) is 0 Å². The Bertz CT molecular complexity index is 1320. The number of aliphatic hydroxyl groups excluding tert-OH is 2. The topological polar surface area (TPSA) is 131 Å². The molecule has 2 heterocycles. The van der Waals surface area contributed by atoms with Crippen molar-refractivity contribution in [2.45, 2.75) is 37.0 Å². The Morgan fingerprint density at radius 2 is 1.82 bits per heavy atom. The molecule has 4 N–H and O–H groups in total. The highest BCUT2D eigenvalue weighted by Crippen LogP contribution is 2.33. The van der Waals surface area contributed by atoms with Gasteiger partial charge in [0, 0.05) is 12.0 Å². The number of hydrogen-bond donors (Lipinski definition) is 3. The molecule has 3 aromatic rings. The van der Waals surface area contributed by atoms with Crippen LogP contribution >= 0.6 is 0 Å². The number of hydrogen-bond acceptors (Lipinski definition) is 6. The SMILES string of the molecule is NC=NC(=Nc1ccc(C(F)(F)F)cc1)C1CC(n2cc(-c3cc(F)c(F)c(F)c3)nn2)C(O)C(CO)O1. The van der Waals surface area contributed by atoms with E-state index in [0.717, 1.165) is 42.7 Å². The van der Waals surface area contributed by atoms with E-state index in [0.29, 0.717) is 0 Å². The van der Waals surface area contributed by atoms with Crippen molar-refractivity contribution in [2.24, 2.45) is 15.7 Å². The molecular formula is C23H20F6N6O3. The molecule has 1 saturated heterocycles. The monoisotopic (exact) mass is 542 g/mol. The van der Waals surface area contributed by atoms with E-state index in [2.05, 4.69) is 20.3 Å². The van der Waals surface area contributed by atoms with Crippen LogP contribution in [0.15, 0.2) is 52.6 Å². The predicted octanol–water partition coefficient (Wildman–Crippen LogP) is 3.15. The summed E-state index contributed by atoms with van der Waals surface area (Å²) in [6.45, 7) is -0.635. The quantitative estimate of drug-likeness (QED) is 0.197. The molecule has 4 rings (SSSR count). The van der Waals surface area contributed by atoms with Crippen LogP contribution in [0.25, 0.3) is 11.3 Å². The summed E-state index contributed by atoms with van der Waals surface area (Å²) >= 11 is 0. The first-order valence-electron chi connectivity index (χ1n) is 11.0. The molecule has 1 fully saturated rings. The van der Waals surface area contributed by atoms with E-state index >= 15 is 0 Å². The molecule has 0 amide bonds. The molecule has 4 unspecified atom stereocenters. The molecular weight excluding hydrogens is 522 g/mol. The number of ether oxygens (including phenoxy) is 1. The van der Waals surface area contributed by atoms with Crippen molar-refractivity contribution in [3.63, 3.8) is 0 Å². The van der Waals surface area contributed by atoms with Crippen molar-refractivity contribution < 1.29 is 41.3 Å². The normalized spacial score (nSPS) is 22.8. The van der Waals surface area contributed by atoms with Gasteiger partial charge in [-0.1, -0.05) is 5.21 Å². The minimum atomic E-state index is -4.53. The van der Waals surface area contributed by atoms with Crippen molar-refractivity contribution in [3.05, 3.63) is 65.6 Å². The number of amidine groups is 1. The summed E-state index contributed by atoms with van der Waals surface area (Å²) in [7, 11) is 0. The molecule has 1 aliphatic rings. The molecule has 0 bridgehead atoms. The second-order valence-corrected chi connectivity index (χ2v) is 8.27. The third kappa shape index (κ3) is 5.69. The van der Waals surface area contributed by atoms with Gasteiger partial charge in [-0.05, 0) is 36.4 Å². The Morgan fingerprint density at radius 3 is 2.39 bits per heavy atom. The van der Waals surface area contributed by atoms with Crippen LogP contribution in [0.2, 0.25) is 0 Å². The van der Waals surface area contributed by atoms with Crippen LogP contribution in [0, 0.1) is 17.5 Å². The van der Waals surface area contributed by atoms with Crippen LogP contribution in [-0.2, 0) is 10.9 Å². The van der Waals surface area contributed by atoms with E-state index in [1.54, 1.807) is 0 Å². The lowest BCUT2D eigenvalue weighted by atomic mass is 9.95. The highest BCUT2D eigenvalue weighted by Gasteiger charge is 2.41. The van der Waals surface area contributed by atoms with Crippen LogP contribution < -0.4 is 5.73 Å². The lowest BCUT2D eigenvalue weighted by Crippen LogP contribution is -2.49. The molecule has 0 radical (unpaired) electrons. The average molecular weight is 542 g/mol. The van der Waals surface area contributed by atoms with Crippen molar-refractivity contribution in [1.82, 2.24) is 15.0 Å². The minimum absolute atomic E-state index is 0.0304. The van der Waals surface area contributed by atoms with Crippen LogP contribution in [-0.4, -0.2) is 62.3 Å². The van der Waals surface area contributed by atoms with Crippen molar-refractivity contribution in [1.29, 1.82) is 0 Å². The first-order chi connectivity index (χ1) is 18.0. The number of halogens is 6. The smallest absolute Gasteiger partial charge is 0.394 e. The van der Waals surface area contributed by atoms with Gasteiger partial charge < -0.3 is 20.7 Å². The Hall–Kier alpha value is -3.82. The highest BCUT2D eigenvalue weighted by molar-refractivity contribution is 5.94. The van der Waals surface area contributed by atoms with Crippen molar-refractivity contribution in [3.8, 4) is 11.3 Å². The maximum absolute atomic E-state index is 13.7. The van der Waals surface area contributed by atoms with Crippen LogP contribution in [0.1, 0.15) is 18.0 Å². The highest BCUT2D eigenvalue weighted by atomic mass is 19.4. The second kappa shape index (κ2) is 10.9. The molecule has 0 aliphatic carbocycles. The molecule has 9 nitrogen and oxygen atoms in total. The molecule has 1 aliphatic heterocycles. The molecule has 15 heteroatoms. The average Bonchev–Trinajstić information content (AvgIpc) is 3.37. The van der Waals surface area contributed by atoms with E-state index in [-0.39, 0.29) is 29.2 Å². The molecule has 38 heavy (non-hydrogen) atoms. The van der Waals surface area contributed by atoms with E-state index in [4.69, 9.17) is 10.5 Å². The standard InChI is InChI=1S/C23H20F6N6O3/c24-14-5-11(6-15(25)20(14)26)16-8-35(34-33-16)17-7-18(38-19(9-36)21(17)37)22(31-10-30)32-13-3-1-12(2-4-13)23(27,28)29/h1-6,8,10,17-19,21,36-37H,7,9H2,(H2,30,31,32). The third-order valence-corrected chi connectivity index (χ3v) is 5.81. The summed E-state index contributed by atoms with van der Waals surface area (Å²) in [6.07, 6.45) is -5.97. The number of benzene rings is 2. The molecule has 1 aromatic heterocycles. The Morgan fingerprint density at radius 1 is 1.16 bits per heavy atom. The summed E-state index contributed by atoms with van der Waals surface area (Å²) in [5.41, 5.74) is 4.51.